The van der Waals surface area contributed by atoms with Crippen molar-refractivity contribution in [1.82, 2.24) is 9.78 Å². The van der Waals surface area contributed by atoms with Gasteiger partial charge < -0.3 is 15.3 Å². The molecule has 3 aromatic rings. The quantitative estimate of drug-likeness (QED) is 0.344. The number of aliphatic hydroxyl groups is 1. The van der Waals surface area contributed by atoms with Gasteiger partial charge in [0.15, 0.2) is 0 Å². The number of nitrogens with zero attached hydrogens (tertiary/aromatic N) is 4. The summed E-state index contributed by atoms with van der Waals surface area (Å²) < 4.78 is 16.3. The van der Waals surface area contributed by atoms with Crippen LogP contribution in [0.5, 0.6) is 0 Å². The molecule has 2 heterocycles. The first kappa shape index (κ1) is 27.0. The molecule has 8 heteroatoms. The number of nitrogens with one attached hydrogen (secondary N) is 1. The minimum absolute atomic E-state index is 0.0338. The van der Waals surface area contributed by atoms with Gasteiger partial charge in [-0.3, -0.25) is 0 Å². The summed E-state index contributed by atoms with van der Waals surface area (Å²) in [6, 6.07) is 16.8. The highest BCUT2D eigenvalue weighted by Crippen LogP contribution is 2.30. The second kappa shape index (κ2) is 13.0. The van der Waals surface area contributed by atoms with Crippen molar-refractivity contribution in [3.8, 4) is 23.0 Å². The summed E-state index contributed by atoms with van der Waals surface area (Å²) in [5, 5.41) is 27.3. The number of halogens is 1. The van der Waals surface area contributed by atoms with Gasteiger partial charge in [0.2, 0.25) is 0 Å². The highest BCUT2D eigenvalue weighted by atomic mass is 32.1. The summed E-state index contributed by atoms with van der Waals surface area (Å²) in [6.45, 7) is 2.57. The summed E-state index contributed by atoms with van der Waals surface area (Å²) in [6.07, 6.45) is 9.46. The number of hydrogen-bond acceptors (Lipinski definition) is 6. The molecule has 0 unspecified atom stereocenters. The number of thiol groups is 1. The standard InChI is InChI=1S/C28H32FN5O.CH4S/c29-26-16-21(6-7-22(26)18-30)27-17-28(31-19-20-4-2-1-3-5-20)32-34(27)24-10-8-23(9-11-24)33-14-12-25(35)13-15-33;1-2/h6-11,16-17,20,25,35H,1-5,12-15,19H2,(H,31,32);2H,1H3. The van der Waals surface area contributed by atoms with Gasteiger partial charge in [0.25, 0.3) is 0 Å². The molecular formula is C29H36FN5OS. The molecular weight excluding hydrogens is 485 g/mol. The van der Waals surface area contributed by atoms with Crippen LogP contribution in [-0.2, 0) is 0 Å². The van der Waals surface area contributed by atoms with Crippen LogP contribution >= 0.6 is 12.6 Å². The Balaban J connectivity index is 0.00000156. The molecule has 6 nitrogen and oxygen atoms in total. The van der Waals surface area contributed by atoms with E-state index >= 15 is 0 Å². The number of anilines is 2. The highest BCUT2D eigenvalue weighted by Gasteiger charge is 2.19. The molecule has 0 amide bonds. The molecule has 196 valence electrons. The third-order valence-electron chi connectivity index (χ3n) is 7.32. The fourth-order valence-corrected chi connectivity index (χ4v) is 5.20. The van der Waals surface area contributed by atoms with Crippen molar-refractivity contribution < 1.29 is 9.50 Å². The van der Waals surface area contributed by atoms with E-state index in [1.54, 1.807) is 12.3 Å². The molecule has 0 atom stereocenters. The average molecular weight is 522 g/mol. The number of piperidine rings is 1. The lowest BCUT2D eigenvalue weighted by atomic mass is 9.89. The second-order valence-corrected chi connectivity index (χ2v) is 9.75. The smallest absolute Gasteiger partial charge is 0.149 e. The second-order valence-electron chi connectivity index (χ2n) is 9.75. The molecule has 1 saturated carbocycles. The largest absolute Gasteiger partial charge is 0.393 e. The lowest BCUT2D eigenvalue weighted by Gasteiger charge is -2.31. The Morgan fingerprint density at radius 3 is 2.32 bits per heavy atom. The lowest BCUT2D eigenvalue weighted by Crippen LogP contribution is -2.35. The number of benzene rings is 2. The predicted molar refractivity (Wildman–Crippen MR) is 151 cm³/mol. The fourth-order valence-electron chi connectivity index (χ4n) is 5.20. The van der Waals surface area contributed by atoms with Gasteiger partial charge in [-0.1, -0.05) is 25.3 Å². The fraction of sp³-hybridized carbons (Fsp3) is 0.448. The van der Waals surface area contributed by atoms with Gasteiger partial charge in [0, 0.05) is 37.0 Å². The van der Waals surface area contributed by atoms with E-state index < -0.39 is 5.82 Å². The first-order chi connectivity index (χ1) is 18.1. The van der Waals surface area contributed by atoms with E-state index in [0.29, 0.717) is 11.5 Å². The third-order valence-corrected chi connectivity index (χ3v) is 7.32. The van der Waals surface area contributed by atoms with Gasteiger partial charge in [0.1, 0.15) is 17.7 Å². The van der Waals surface area contributed by atoms with E-state index in [1.807, 2.05) is 29.0 Å². The van der Waals surface area contributed by atoms with Crippen LogP contribution in [0.4, 0.5) is 15.9 Å². The van der Waals surface area contributed by atoms with E-state index in [9.17, 15) is 9.50 Å². The molecule has 0 radical (unpaired) electrons. The minimum Gasteiger partial charge on any atom is -0.393 e. The zero-order valence-electron chi connectivity index (χ0n) is 21.4. The van der Waals surface area contributed by atoms with E-state index in [1.165, 1.54) is 44.2 Å². The van der Waals surface area contributed by atoms with Crippen LogP contribution in [0.2, 0.25) is 0 Å². The molecule has 0 bridgehead atoms. The number of hydrogen-bond donors (Lipinski definition) is 3. The van der Waals surface area contributed by atoms with Gasteiger partial charge in [-0.15, -0.1) is 5.10 Å². The summed E-state index contributed by atoms with van der Waals surface area (Å²) >= 11 is 3.53. The van der Waals surface area contributed by atoms with Crippen molar-refractivity contribution in [3.05, 3.63) is 59.9 Å². The van der Waals surface area contributed by atoms with Crippen LogP contribution in [0.3, 0.4) is 0 Å². The maximum absolute atomic E-state index is 14.5. The number of aromatic nitrogens is 2. The maximum Gasteiger partial charge on any atom is 0.149 e. The first-order valence-electron chi connectivity index (χ1n) is 13.1. The van der Waals surface area contributed by atoms with Gasteiger partial charge >= 0.3 is 0 Å². The van der Waals surface area contributed by atoms with E-state index in [-0.39, 0.29) is 11.7 Å². The summed E-state index contributed by atoms with van der Waals surface area (Å²) in [5.41, 5.74) is 3.49. The van der Waals surface area contributed by atoms with Crippen LogP contribution in [0.25, 0.3) is 16.9 Å². The minimum atomic E-state index is -0.530. The summed E-state index contributed by atoms with van der Waals surface area (Å²) in [7, 11) is 0. The Hall–Kier alpha value is -3.02. The Kier molecular flexibility index (Phi) is 9.48. The van der Waals surface area contributed by atoms with E-state index in [0.717, 1.165) is 55.4 Å². The Morgan fingerprint density at radius 2 is 1.68 bits per heavy atom. The molecule has 1 aliphatic heterocycles. The van der Waals surface area contributed by atoms with Gasteiger partial charge in [-0.05, 0) is 74.3 Å². The van der Waals surface area contributed by atoms with Crippen LogP contribution in [0.15, 0.2) is 48.5 Å². The number of nitriles is 1. The molecule has 1 aromatic heterocycles. The van der Waals surface area contributed by atoms with E-state index in [2.05, 4.69) is 35.0 Å². The van der Waals surface area contributed by atoms with Crippen LogP contribution in [0.1, 0.15) is 50.5 Å². The molecule has 5 rings (SSSR count). The van der Waals surface area contributed by atoms with Crippen molar-refractivity contribution in [2.24, 2.45) is 5.92 Å². The number of aliphatic hydroxyl groups excluding tert-OH is 1. The lowest BCUT2D eigenvalue weighted by molar-refractivity contribution is 0.145. The molecule has 2 fully saturated rings. The van der Waals surface area contributed by atoms with Crippen LogP contribution in [-0.4, -0.2) is 46.9 Å². The van der Waals surface area contributed by atoms with Gasteiger partial charge in [-0.25, -0.2) is 9.07 Å². The van der Waals surface area contributed by atoms with Crippen molar-refractivity contribution in [2.75, 3.05) is 36.1 Å². The average Bonchev–Trinajstić information content (AvgIpc) is 3.38. The zero-order valence-corrected chi connectivity index (χ0v) is 22.3. The van der Waals surface area contributed by atoms with Gasteiger partial charge in [0.05, 0.1) is 23.0 Å². The monoisotopic (exact) mass is 521 g/mol. The third kappa shape index (κ3) is 6.65. The van der Waals surface area contributed by atoms with Gasteiger partial charge in [-0.2, -0.15) is 17.9 Å². The topological polar surface area (TPSA) is 77.1 Å². The molecule has 0 spiro atoms. The highest BCUT2D eigenvalue weighted by molar-refractivity contribution is 7.79. The Labute approximate surface area is 224 Å². The van der Waals surface area contributed by atoms with E-state index in [4.69, 9.17) is 10.4 Å². The molecule has 1 aliphatic carbocycles. The molecule has 2 N–H and O–H groups in total. The molecule has 37 heavy (non-hydrogen) atoms. The molecule has 2 aliphatic rings. The Bertz CT molecular complexity index is 1190. The van der Waals surface area contributed by atoms with Crippen molar-refractivity contribution >= 4 is 24.1 Å². The predicted octanol–water partition coefficient (Wildman–Crippen LogP) is 6.05. The van der Waals surface area contributed by atoms with Crippen molar-refractivity contribution in [1.29, 1.82) is 5.26 Å². The molecule has 2 aromatic carbocycles. The zero-order chi connectivity index (χ0) is 26.2. The van der Waals surface area contributed by atoms with Crippen molar-refractivity contribution in [2.45, 2.75) is 51.0 Å². The summed E-state index contributed by atoms with van der Waals surface area (Å²) in [5.74, 6) is 0.897. The van der Waals surface area contributed by atoms with Crippen LogP contribution < -0.4 is 10.2 Å². The summed E-state index contributed by atoms with van der Waals surface area (Å²) in [4.78, 5) is 2.29. The van der Waals surface area contributed by atoms with Crippen LogP contribution in [0, 0.1) is 23.1 Å². The maximum atomic E-state index is 14.5. The van der Waals surface area contributed by atoms with Crippen molar-refractivity contribution in [3.63, 3.8) is 0 Å². The number of rotatable bonds is 6. The Morgan fingerprint density at radius 1 is 1.00 bits per heavy atom. The first-order valence-corrected chi connectivity index (χ1v) is 14.0. The molecule has 1 saturated heterocycles. The SMILES string of the molecule is CS.N#Cc1ccc(-c2cc(NCC3CCCCC3)nn2-c2ccc(N3CCC(O)CC3)cc2)cc1F. The normalized spacial score (nSPS) is 16.6.